The van der Waals surface area contributed by atoms with Gasteiger partial charge in [-0.1, -0.05) is 80.6 Å². The van der Waals surface area contributed by atoms with Gasteiger partial charge >= 0.3 is 5.97 Å². The van der Waals surface area contributed by atoms with Crippen LogP contribution in [0.2, 0.25) is 0 Å². The second-order valence-electron chi connectivity index (χ2n) is 12.3. The molecule has 0 N–H and O–H groups in total. The van der Waals surface area contributed by atoms with Crippen LogP contribution in [0.1, 0.15) is 69.4 Å². The van der Waals surface area contributed by atoms with Gasteiger partial charge in [0, 0.05) is 31.1 Å². The van der Waals surface area contributed by atoms with Crippen LogP contribution in [0.15, 0.2) is 72.4 Å². The zero-order valence-electron chi connectivity index (χ0n) is 23.4. The summed E-state index contributed by atoms with van der Waals surface area (Å²) in [4.78, 5) is 44.8. The SMILES string of the molecule is COC(=O)[C@@]12C[C@@H](CC(=O)N3CCC(c4ccccc4)CC3)C(=O)N(Cc3ccccc3)C1=CCC(C)(C)C2. The highest BCUT2D eigenvalue weighted by atomic mass is 16.5. The molecular weight excluding hydrogens is 488 g/mol. The molecule has 6 heteroatoms. The predicted octanol–water partition coefficient (Wildman–Crippen LogP) is 5.69. The van der Waals surface area contributed by atoms with E-state index in [1.54, 1.807) is 4.90 Å². The molecule has 3 aliphatic rings. The molecule has 2 heterocycles. The van der Waals surface area contributed by atoms with Crippen LogP contribution in [-0.2, 0) is 25.7 Å². The lowest BCUT2D eigenvalue weighted by molar-refractivity contribution is -0.163. The molecule has 0 unspecified atom stereocenters. The summed E-state index contributed by atoms with van der Waals surface area (Å²) in [6.45, 7) is 6.05. The van der Waals surface area contributed by atoms with Gasteiger partial charge in [0.1, 0.15) is 5.41 Å². The van der Waals surface area contributed by atoms with Gasteiger partial charge in [0.25, 0.3) is 0 Å². The number of ether oxygens (including phenoxy) is 1. The largest absolute Gasteiger partial charge is 0.468 e. The molecule has 2 aliphatic heterocycles. The van der Waals surface area contributed by atoms with Crippen molar-refractivity contribution in [2.75, 3.05) is 20.2 Å². The first-order valence-corrected chi connectivity index (χ1v) is 14.2. The molecule has 2 amide bonds. The zero-order chi connectivity index (χ0) is 27.6. The highest BCUT2D eigenvalue weighted by Gasteiger charge is 2.57. The highest BCUT2D eigenvalue weighted by molar-refractivity contribution is 5.92. The van der Waals surface area contributed by atoms with Gasteiger partial charge in [-0.25, -0.2) is 0 Å². The Hall–Kier alpha value is -3.41. The molecular formula is C33H40N2O4. The third-order valence-corrected chi connectivity index (χ3v) is 8.92. The second kappa shape index (κ2) is 11.0. The van der Waals surface area contributed by atoms with E-state index in [-0.39, 0.29) is 29.6 Å². The van der Waals surface area contributed by atoms with E-state index < -0.39 is 11.3 Å². The summed E-state index contributed by atoms with van der Waals surface area (Å²) in [5.41, 5.74) is 2.00. The number of hydrogen-bond donors (Lipinski definition) is 0. The molecule has 2 saturated heterocycles. The molecule has 0 aromatic heterocycles. The topological polar surface area (TPSA) is 66.9 Å². The molecule has 0 spiro atoms. The second-order valence-corrected chi connectivity index (χ2v) is 12.3. The standard InChI is InChI=1S/C33H40N2O4/c1-32(2)17-14-28-33(23-32,31(38)39-3)21-27(30(37)35(28)22-24-10-6-4-7-11-24)20-29(36)34-18-15-26(16-19-34)25-12-8-5-9-13-25/h4-14,26-27H,15-23H2,1-3H3/t27-,33-/m1/s1. The molecule has 5 rings (SSSR count). The van der Waals surface area contributed by atoms with Gasteiger partial charge in [0.2, 0.25) is 11.8 Å². The van der Waals surface area contributed by atoms with Crippen LogP contribution in [0.25, 0.3) is 0 Å². The summed E-state index contributed by atoms with van der Waals surface area (Å²) < 4.78 is 5.39. The van der Waals surface area contributed by atoms with E-state index in [4.69, 9.17) is 4.74 Å². The zero-order valence-corrected chi connectivity index (χ0v) is 23.4. The quantitative estimate of drug-likeness (QED) is 0.452. The summed E-state index contributed by atoms with van der Waals surface area (Å²) in [5.74, 6) is -0.502. The number of fused-ring (bicyclic) bond motifs is 1. The van der Waals surface area contributed by atoms with Crippen LogP contribution in [0.5, 0.6) is 0 Å². The first-order chi connectivity index (χ1) is 18.7. The molecule has 2 atom stereocenters. The number of allylic oxidation sites excluding steroid dienone is 1. The van der Waals surface area contributed by atoms with Crippen LogP contribution < -0.4 is 0 Å². The highest BCUT2D eigenvalue weighted by Crippen LogP contribution is 2.55. The van der Waals surface area contributed by atoms with Gasteiger partial charge in [0.15, 0.2) is 0 Å². The number of amides is 2. The fourth-order valence-electron chi connectivity index (χ4n) is 7.01. The minimum absolute atomic E-state index is 0.00189. The van der Waals surface area contributed by atoms with Crippen molar-refractivity contribution in [1.82, 2.24) is 9.80 Å². The number of piperidine rings is 2. The van der Waals surface area contributed by atoms with E-state index in [0.717, 1.165) is 30.5 Å². The Bertz CT molecular complexity index is 1230. The first kappa shape index (κ1) is 27.2. The average Bonchev–Trinajstić information content (AvgIpc) is 2.95. The van der Waals surface area contributed by atoms with Gasteiger partial charge in [0.05, 0.1) is 13.7 Å². The Morgan fingerprint density at radius 2 is 1.62 bits per heavy atom. The summed E-state index contributed by atoms with van der Waals surface area (Å²) >= 11 is 0. The number of methoxy groups -OCH3 is 1. The molecule has 206 valence electrons. The van der Waals surface area contributed by atoms with E-state index in [1.807, 2.05) is 41.3 Å². The van der Waals surface area contributed by atoms with Gasteiger partial charge in [-0.2, -0.15) is 0 Å². The van der Waals surface area contributed by atoms with E-state index in [0.29, 0.717) is 38.4 Å². The molecule has 6 nitrogen and oxygen atoms in total. The van der Waals surface area contributed by atoms with Crippen LogP contribution in [0, 0.1) is 16.7 Å². The van der Waals surface area contributed by atoms with E-state index in [1.165, 1.54) is 12.7 Å². The smallest absolute Gasteiger partial charge is 0.317 e. The van der Waals surface area contributed by atoms with Crippen molar-refractivity contribution in [2.45, 2.75) is 64.8 Å². The van der Waals surface area contributed by atoms with Crippen molar-refractivity contribution < 1.29 is 19.1 Å². The number of likely N-dealkylation sites (tertiary alicyclic amines) is 2. The Labute approximate surface area is 232 Å². The van der Waals surface area contributed by atoms with Gasteiger partial charge < -0.3 is 14.5 Å². The fourth-order valence-corrected chi connectivity index (χ4v) is 7.01. The summed E-state index contributed by atoms with van der Waals surface area (Å²) in [5, 5.41) is 0. The van der Waals surface area contributed by atoms with Crippen LogP contribution in [0.3, 0.4) is 0 Å². The first-order valence-electron chi connectivity index (χ1n) is 14.2. The minimum Gasteiger partial charge on any atom is -0.468 e. The van der Waals surface area contributed by atoms with Crippen LogP contribution >= 0.6 is 0 Å². The lowest BCUT2D eigenvalue weighted by Crippen LogP contribution is -2.55. The van der Waals surface area contributed by atoms with Gasteiger partial charge in [-0.15, -0.1) is 0 Å². The maximum Gasteiger partial charge on any atom is 0.317 e. The summed E-state index contributed by atoms with van der Waals surface area (Å²) in [6, 6.07) is 20.3. The fraction of sp³-hybridized carbons (Fsp3) is 0.485. The minimum atomic E-state index is -0.940. The van der Waals surface area contributed by atoms with Crippen molar-refractivity contribution in [2.24, 2.45) is 16.7 Å². The Morgan fingerprint density at radius 3 is 2.26 bits per heavy atom. The van der Waals surface area contributed by atoms with Crippen molar-refractivity contribution in [3.05, 3.63) is 83.6 Å². The van der Waals surface area contributed by atoms with E-state index in [9.17, 15) is 14.4 Å². The number of hydrogen-bond acceptors (Lipinski definition) is 4. The maximum atomic E-state index is 14.0. The lowest BCUT2D eigenvalue weighted by Gasteiger charge is -2.51. The number of carbonyl (C=O) groups excluding carboxylic acids is 3. The third-order valence-electron chi connectivity index (χ3n) is 8.92. The molecule has 2 aromatic rings. The Morgan fingerprint density at radius 1 is 0.974 bits per heavy atom. The van der Waals surface area contributed by atoms with Crippen molar-refractivity contribution in [3.63, 3.8) is 0 Å². The molecule has 39 heavy (non-hydrogen) atoms. The molecule has 0 saturated carbocycles. The maximum absolute atomic E-state index is 14.0. The molecule has 2 fully saturated rings. The monoisotopic (exact) mass is 528 g/mol. The summed E-state index contributed by atoms with van der Waals surface area (Å²) in [7, 11) is 1.42. The van der Waals surface area contributed by atoms with Crippen LogP contribution in [-0.4, -0.2) is 47.8 Å². The summed E-state index contributed by atoms with van der Waals surface area (Å²) in [6.07, 6.45) is 5.69. The Balaban J connectivity index is 1.38. The van der Waals surface area contributed by atoms with E-state index in [2.05, 4.69) is 44.2 Å². The van der Waals surface area contributed by atoms with Crippen molar-refractivity contribution in [3.8, 4) is 0 Å². The molecule has 1 aliphatic carbocycles. The third kappa shape index (κ3) is 5.52. The number of carbonyl (C=O) groups is 3. The van der Waals surface area contributed by atoms with Crippen molar-refractivity contribution in [1.29, 1.82) is 0 Å². The Kier molecular flexibility index (Phi) is 7.66. The average molecular weight is 529 g/mol. The van der Waals surface area contributed by atoms with Crippen LogP contribution in [0.4, 0.5) is 0 Å². The molecule has 0 bridgehead atoms. The predicted molar refractivity (Wildman–Crippen MR) is 150 cm³/mol. The molecule has 2 aromatic carbocycles. The number of esters is 1. The van der Waals surface area contributed by atoms with Crippen molar-refractivity contribution >= 4 is 17.8 Å². The normalized spacial score (nSPS) is 25.1. The lowest BCUT2D eigenvalue weighted by atomic mass is 9.59. The van der Waals surface area contributed by atoms with Gasteiger partial charge in [-0.3, -0.25) is 14.4 Å². The number of benzene rings is 2. The van der Waals surface area contributed by atoms with Gasteiger partial charge in [-0.05, 0) is 54.6 Å². The molecule has 0 radical (unpaired) electrons. The number of nitrogens with zero attached hydrogens (tertiary/aromatic N) is 2. The number of rotatable bonds is 6. The van der Waals surface area contributed by atoms with E-state index >= 15 is 0 Å².